The van der Waals surface area contributed by atoms with Crippen LogP contribution in [0.5, 0.6) is 0 Å². The maximum atomic E-state index is 12.3. The fraction of sp³-hybridized carbons (Fsp3) is 0.333. The number of nitrogens with zero attached hydrogens (tertiary/aromatic N) is 2. The van der Waals surface area contributed by atoms with Gasteiger partial charge in [-0.15, -0.1) is 0 Å². The van der Waals surface area contributed by atoms with Crippen LogP contribution in [0.1, 0.15) is 21.9 Å². The average Bonchev–Trinajstić information content (AvgIpc) is 3.09. The molecule has 2 aromatic heterocycles. The molecule has 10 nitrogen and oxygen atoms in total. The van der Waals surface area contributed by atoms with Crippen LogP contribution in [0.3, 0.4) is 0 Å². The minimum Gasteiger partial charge on any atom is -0.618 e. The van der Waals surface area contributed by atoms with Crippen molar-refractivity contribution in [3.63, 3.8) is 0 Å². The molecule has 0 aliphatic rings. The van der Waals surface area contributed by atoms with Gasteiger partial charge in [0, 0.05) is 43.5 Å². The third kappa shape index (κ3) is 4.99. The second kappa shape index (κ2) is 8.76. The van der Waals surface area contributed by atoms with E-state index in [1.807, 2.05) is 0 Å². The molecular formula is C15H20N6O4. The van der Waals surface area contributed by atoms with Gasteiger partial charge in [-0.2, -0.15) is 4.73 Å². The Kier molecular flexibility index (Phi) is 6.43. The first-order valence-corrected chi connectivity index (χ1v) is 7.66. The zero-order chi connectivity index (χ0) is 18.2. The van der Waals surface area contributed by atoms with Crippen molar-refractivity contribution in [1.29, 1.82) is 0 Å². The lowest BCUT2D eigenvalue weighted by Crippen LogP contribution is -2.48. The van der Waals surface area contributed by atoms with E-state index in [1.54, 1.807) is 12.1 Å². The fourth-order valence-corrected chi connectivity index (χ4v) is 2.21. The van der Waals surface area contributed by atoms with Crippen molar-refractivity contribution in [3.8, 4) is 0 Å². The van der Waals surface area contributed by atoms with Gasteiger partial charge in [0.05, 0.1) is 12.9 Å². The van der Waals surface area contributed by atoms with Gasteiger partial charge in [-0.25, -0.2) is 9.78 Å². The highest BCUT2D eigenvalue weighted by Gasteiger charge is 2.26. The van der Waals surface area contributed by atoms with E-state index in [2.05, 4.69) is 20.6 Å². The fourth-order valence-electron chi connectivity index (χ4n) is 2.21. The minimum absolute atomic E-state index is 0.0255. The summed E-state index contributed by atoms with van der Waals surface area (Å²) >= 11 is 0. The Labute approximate surface area is 143 Å². The third-order valence-electron chi connectivity index (χ3n) is 3.46. The second-order valence-corrected chi connectivity index (χ2v) is 5.31. The largest absolute Gasteiger partial charge is 0.618 e. The molecule has 0 aromatic carbocycles. The number of carbonyl (C=O) groups is 2. The molecule has 0 saturated carbocycles. The number of aliphatic carboxylic acids is 1. The summed E-state index contributed by atoms with van der Waals surface area (Å²) in [4.78, 5) is 30.3. The highest BCUT2D eigenvalue weighted by Crippen LogP contribution is 2.02. The standard InChI is InChI=1S/C15H20N6O4/c16-4-5-17-8-11-2-1-3-13(21(11)25)14(22)20-12(15(23)24)6-10-7-18-9-19-10/h1-3,7,9,12,17H,4-6,8,16H2,(H,18,19)(H,20,22)(H,23,24). The van der Waals surface area contributed by atoms with Gasteiger partial charge < -0.3 is 31.7 Å². The number of hydrogen-bond acceptors (Lipinski definition) is 6. The summed E-state index contributed by atoms with van der Waals surface area (Å²) < 4.78 is 0.480. The number of H-pyrrole nitrogens is 1. The summed E-state index contributed by atoms with van der Waals surface area (Å²) in [7, 11) is 0. The smallest absolute Gasteiger partial charge is 0.326 e. The van der Waals surface area contributed by atoms with Crippen molar-refractivity contribution >= 4 is 11.9 Å². The highest BCUT2D eigenvalue weighted by atomic mass is 16.5. The molecule has 0 aliphatic carbocycles. The molecule has 2 heterocycles. The van der Waals surface area contributed by atoms with E-state index in [1.165, 1.54) is 18.6 Å². The topological polar surface area (TPSA) is 160 Å². The summed E-state index contributed by atoms with van der Waals surface area (Å²) in [5.41, 5.74) is 6.09. The van der Waals surface area contributed by atoms with Gasteiger partial charge in [-0.05, 0) is 6.07 Å². The Balaban J connectivity index is 2.10. The van der Waals surface area contributed by atoms with Crippen LogP contribution in [-0.4, -0.2) is 46.1 Å². The van der Waals surface area contributed by atoms with Crippen molar-refractivity contribution < 1.29 is 19.4 Å². The lowest BCUT2D eigenvalue weighted by atomic mass is 10.1. The molecular weight excluding hydrogens is 328 g/mol. The van der Waals surface area contributed by atoms with Crippen molar-refractivity contribution in [1.82, 2.24) is 20.6 Å². The van der Waals surface area contributed by atoms with Crippen molar-refractivity contribution in [3.05, 3.63) is 53.0 Å². The van der Waals surface area contributed by atoms with Crippen LogP contribution >= 0.6 is 0 Å². The number of nitrogens with two attached hydrogens (primary N) is 1. The van der Waals surface area contributed by atoms with Gasteiger partial charge in [0.25, 0.3) is 5.69 Å². The van der Waals surface area contributed by atoms with Crippen LogP contribution in [-0.2, 0) is 17.8 Å². The normalized spacial score (nSPS) is 11.9. The summed E-state index contributed by atoms with van der Waals surface area (Å²) in [5.74, 6) is -1.97. The van der Waals surface area contributed by atoms with E-state index in [-0.39, 0.29) is 18.7 Å². The Morgan fingerprint density at radius 1 is 1.44 bits per heavy atom. The van der Waals surface area contributed by atoms with Crippen molar-refractivity contribution in [2.75, 3.05) is 13.1 Å². The lowest BCUT2D eigenvalue weighted by molar-refractivity contribution is -0.616. The van der Waals surface area contributed by atoms with Gasteiger partial charge in [0.1, 0.15) is 6.04 Å². The SMILES string of the molecule is NCCNCc1cccc(C(=O)NC(Cc2cnc[nH]2)C(=O)O)[n+]1[O-]. The molecule has 10 heteroatoms. The maximum Gasteiger partial charge on any atom is 0.326 e. The first-order valence-electron chi connectivity index (χ1n) is 7.66. The molecule has 2 aromatic rings. The van der Waals surface area contributed by atoms with E-state index in [0.717, 1.165) is 0 Å². The predicted molar refractivity (Wildman–Crippen MR) is 87.3 cm³/mol. The molecule has 0 bridgehead atoms. The molecule has 1 unspecified atom stereocenters. The Bertz CT molecular complexity index is 719. The molecule has 25 heavy (non-hydrogen) atoms. The maximum absolute atomic E-state index is 12.3. The number of imidazole rings is 1. The van der Waals surface area contributed by atoms with Crippen LogP contribution in [0.2, 0.25) is 0 Å². The number of carbonyl (C=O) groups excluding carboxylic acids is 1. The lowest BCUT2D eigenvalue weighted by Gasteiger charge is -2.14. The Hall–Kier alpha value is -2.98. The highest BCUT2D eigenvalue weighted by molar-refractivity contribution is 5.93. The van der Waals surface area contributed by atoms with Gasteiger partial charge in [-0.1, -0.05) is 0 Å². The predicted octanol–water partition coefficient (Wildman–Crippen LogP) is -1.48. The molecule has 2 rings (SSSR count). The molecule has 0 radical (unpaired) electrons. The quantitative estimate of drug-likeness (QED) is 0.210. The number of hydrogen-bond donors (Lipinski definition) is 5. The number of rotatable bonds is 9. The van der Waals surface area contributed by atoms with Crippen molar-refractivity contribution in [2.45, 2.75) is 19.0 Å². The zero-order valence-electron chi connectivity index (χ0n) is 13.4. The minimum atomic E-state index is -1.21. The summed E-state index contributed by atoms with van der Waals surface area (Å²) in [6.45, 7) is 1.20. The molecule has 0 saturated heterocycles. The summed E-state index contributed by atoms with van der Waals surface area (Å²) in [6.07, 6.45) is 2.91. The van der Waals surface area contributed by atoms with E-state index >= 15 is 0 Å². The zero-order valence-corrected chi connectivity index (χ0v) is 13.4. The molecule has 1 amide bonds. The Morgan fingerprint density at radius 3 is 2.88 bits per heavy atom. The first kappa shape index (κ1) is 18.4. The van der Waals surface area contributed by atoms with Crippen LogP contribution < -0.4 is 21.1 Å². The number of aromatic amines is 1. The van der Waals surface area contributed by atoms with Gasteiger partial charge in [-0.3, -0.25) is 4.79 Å². The average molecular weight is 348 g/mol. The van der Waals surface area contributed by atoms with E-state index in [4.69, 9.17) is 5.73 Å². The molecule has 6 N–H and O–H groups in total. The third-order valence-corrected chi connectivity index (χ3v) is 3.46. The van der Waals surface area contributed by atoms with E-state index < -0.39 is 17.9 Å². The number of nitrogens with one attached hydrogen (secondary N) is 3. The molecule has 1 atom stereocenters. The number of carboxylic acids is 1. The monoisotopic (exact) mass is 348 g/mol. The first-order chi connectivity index (χ1) is 12.0. The van der Waals surface area contributed by atoms with E-state index in [0.29, 0.717) is 29.2 Å². The van der Waals surface area contributed by atoms with Crippen molar-refractivity contribution in [2.24, 2.45) is 5.73 Å². The molecule has 134 valence electrons. The molecule has 0 aliphatic heterocycles. The van der Waals surface area contributed by atoms with Gasteiger partial charge in [0.2, 0.25) is 5.69 Å². The van der Waals surface area contributed by atoms with E-state index in [9.17, 15) is 19.9 Å². The van der Waals surface area contributed by atoms with Crippen LogP contribution in [0.4, 0.5) is 0 Å². The number of aromatic nitrogens is 3. The second-order valence-electron chi connectivity index (χ2n) is 5.31. The van der Waals surface area contributed by atoms with Gasteiger partial charge >= 0.3 is 11.9 Å². The Morgan fingerprint density at radius 2 is 2.24 bits per heavy atom. The van der Waals surface area contributed by atoms with Gasteiger partial charge in [0.15, 0.2) is 0 Å². The van der Waals surface area contributed by atoms with Crippen LogP contribution in [0, 0.1) is 5.21 Å². The summed E-state index contributed by atoms with van der Waals surface area (Å²) in [6, 6.07) is 3.29. The summed E-state index contributed by atoms with van der Waals surface area (Å²) in [5, 5.41) is 26.9. The van der Waals surface area contributed by atoms with Crippen LogP contribution in [0.15, 0.2) is 30.7 Å². The van der Waals surface area contributed by atoms with Crippen LogP contribution in [0.25, 0.3) is 0 Å². The molecule has 0 spiro atoms. The number of carboxylic acid groups (broad SMARTS) is 1. The number of amides is 1. The molecule has 0 fully saturated rings. The number of pyridine rings is 1.